The molecule has 0 saturated carbocycles. The molecule has 0 fully saturated rings. The maximum absolute atomic E-state index is 12.2. The lowest BCUT2D eigenvalue weighted by Gasteiger charge is -2.08. The number of ether oxygens (including phenoxy) is 1. The Kier molecular flexibility index (Phi) is 3.62. The van der Waals surface area contributed by atoms with Gasteiger partial charge in [0.25, 0.3) is 11.2 Å². The summed E-state index contributed by atoms with van der Waals surface area (Å²) in [4.78, 5) is 4.91. The molecule has 6 heteroatoms. The molecule has 0 amide bonds. The number of aromatic nitrogens is 2. The lowest BCUT2D eigenvalue weighted by Crippen LogP contribution is -2.37. The summed E-state index contributed by atoms with van der Waals surface area (Å²) in [5, 5.41) is 18.9. The lowest BCUT2D eigenvalue weighted by molar-refractivity contribution is -0.644. The van der Waals surface area contributed by atoms with Gasteiger partial charge in [-0.25, -0.2) is 4.98 Å². The van der Waals surface area contributed by atoms with E-state index in [0.29, 0.717) is 0 Å². The van der Waals surface area contributed by atoms with Crippen LogP contribution in [0, 0.1) is 0 Å². The van der Waals surface area contributed by atoms with Crippen molar-refractivity contribution in [3.05, 3.63) is 54.6 Å². The molecule has 27 heavy (non-hydrogen) atoms. The fourth-order valence-corrected chi connectivity index (χ4v) is 3.86. The molecule has 132 valence electrons. The molecule has 1 aliphatic carbocycles. The molecule has 0 aliphatic heterocycles. The topological polar surface area (TPSA) is 61.4 Å². The first-order valence-electron chi connectivity index (χ1n) is 8.49. The fourth-order valence-electron chi connectivity index (χ4n) is 3.75. The number of halogens is 1. The highest BCUT2D eigenvalue weighted by Crippen LogP contribution is 2.49. The fraction of sp³-hybridized carbons (Fsp3) is 0.0952. The van der Waals surface area contributed by atoms with Crippen molar-refractivity contribution in [3.63, 3.8) is 0 Å². The number of para-hydroxylation sites is 2. The van der Waals surface area contributed by atoms with Gasteiger partial charge >= 0.3 is 0 Å². The molecular weight excluding hydrogens is 406 g/mol. The predicted molar refractivity (Wildman–Crippen MR) is 107 cm³/mol. The van der Waals surface area contributed by atoms with E-state index in [2.05, 4.69) is 27.1 Å². The van der Waals surface area contributed by atoms with Crippen LogP contribution in [0.1, 0.15) is 0 Å². The minimum absolute atomic E-state index is 0.159. The molecule has 0 N–H and O–H groups in total. The number of hydrogen-bond acceptors (Lipinski definition) is 4. The Morgan fingerprint density at radius 1 is 1.15 bits per heavy atom. The van der Waals surface area contributed by atoms with Gasteiger partial charge in [-0.15, -0.1) is 0 Å². The maximum atomic E-state index is 12.2. The van der Waals surface area contributed by atoms with E-state index in [1.54, 1.807) is 11.8 Å². The zero-order valence-electron chi connectivity index (χ0n) is 14.4. The number of fused-ring (bicyclic) bond motifs is 4. The molecule has 1 heterocycles. The quantitative estimate of drug-likeness (QED) is 0.195. The number of rotatable bonds is 3. The average molecular weight is 420 g/mol. The summed E-state index contributed by atoms with van der Waals surface area (Å²) in [6.45, 7) is 0. The van der Waals surface area contributed by atoms with Gasteiger partial charge in [-0.2, -0.15) is 0 Å². The van der Waals surface area contributed by atoms with E-state index < -0.39 is 0 Å². The van der Waals surface area contributed by atoms with Crippen LogP contribution in [0.4, 0.5) is 0 Å². The molecule has 1 aromatic heterocycles. The minimum Gasteiger partial charge on any atom is -0.857 e. The smallest absolute Gasteiger partial charge is 0.272 e. The van der Waals surface area contributed by atoms with Crippen molar-refractivity contribution in [3.8, 4) is 28.3 Å². The van der Waals surface area contributed by atoms with Gasteiger partial charge in [0, 0.05) is 22.7 Å². The van der Waals surface area contributed by atoms with E-state index in [4.69, 9.17) is 9.72 Å². The van der Waals surface area contributed by atoms with Gasteiger partial charge in [-0.05, 0) is 33.4 Å². The van der Waals surface area contributed by atoms with Crippen molar-refractivity contribution in [1.29, 1.82) is 0 Å². The zero-order valence-corrected chi connectivity index (χ0v) is 16.0. The monoisotopic (exact) mass is 419 g/mol. The van der Waals surface area contributed by atoms with Gasteiger partial charge in [0.05, 0.1) is 18.2 Å². The summed E-state index contributed by atoms with van der Waals surface area (Å²) >= 11 is 3.21. The molecule has 0 atom stereocenters. The van der Waals surface area contributed by atoms with Crippen molar-refractivity contribution in [2.45, 2.75) is 0 Å². The van der Waals surface area contributed by atoms with Crippen molar-refractivity contribution in [2.24, 2.45) is 5.10 Å². The number of methoxy groups -OCH3 is 1. The second-order valence-electron chi connectivity index (χ2n) is 6.28. The molecular formula is C21H14BrN3O2. The van der Waals surface area contributed by atoms with E-state index in [9.17, 15) is 5.11 Å². The van der Waals surface area contributed by atoms with E-state index >= 15 is 0 Å². The molecule has 5 nitrogen and oxygen atoms in total. The number of nitrogens with zero attached hydrogens (tertiary/aromatic N) is 3. The van der Waals surface area contributed by atoms with Crippen LogP contribution >= 0.6 is 15.9 Å². The van der Waals surface area contributed by atoms with Gasteiger partial charge < -0.3 is 9.84 Å². The summed E-state index contributed by atoms with van der Waals surface area (Å²) in [5.74, 6) is 0.503. The average Bonchev–Trinajstić information content (AvgIpc) is 3.04. The summed E-state index contributed by atoms with van der Waals surface area (Å²) in [7, 11) is 1.66. The SMILES string of the molecule is COc1ccc2cccc3c2c1-c1nc2ccccc2[n+](/N=C(\[O-])CBr)c1-3. The standard InChI is InChI=1S/C21H14BrN3O2/c1-27-16-10-9-12-5-4-6-13-18(12)19(16)20-21(13)25(24-17(26)11-22)15-8-3-2-7-14(15)23-20/h2-10H,11H2,1H3. The Balaban J connectivity index is 2.01. The van der Waals surface area contributed by atoms with Crippen molar-refractivity contribution in [1.82, 2.24) is 4.98 Å². The Morgan fingerprint density at radius 2 is 2.00 bits per heavy atom. The first kappa shape index (κ1) is 16.2. The zero-order chi connectivity index (χ0) is 18.5. The van der Waals surface area contributed by atoms with Crippen LogP contribution < -0.4 is 14.5 Å². The van der Waals surface area contributed by atoms with Crippen LogP contribution in [-0.4, -0.2) is 23.3 Å². The van der Waals surface area contributed by atoms with Crippen LogP contribution in [-0.2, 0) is 0 Å². The maximum Gasteiger partial charge on any atom is 0.272 e. The minimum atomic E-state index is -0.256. The third-order valence-electron chi connectivity index (χ3n) is 4.82. The Hall–Kier alpha value is -2.99. The second kappa shape index (κ2) is 6.03. The number of benzene rings is 3. The number of alkyl halides is 1. The summed E-state index contributed by atoms with van der Waals surface area (Å²) in [5.41, 5.74) is 5.10. The van der Waals surface area contributed by atoms with Crippen molar-refractivity contribution >= 4 is 43.6 Å². The first-order valence-corrected chi connectivity index (χ1v) is 9.61. The summed E-state index contributed by atoms with van der Waals surface area (Å²) in [6.07, 6.45) is 0. The van der Waals surface area contributed by atoms with Crippen LogP contribution in [0.15, 0.2) is 59.7 Å². The first-order chi connectivity index (χ1) is 13.2. The van der Waals surface area contributed by atoms with Crippen LogP contribution in [0.5, 0.6) is 5.75 Å². The third-order valence-corrected chi connectivity index (χ3v) is 5.30. The van der Waals surface area contributed by atoms with Gasteiger partial charge in [0.1, 0.15) is 11.3 Å². The molecule has 4 aromatic rings. The number of hydrogen-bond donors (Lipinski definition) is 0. The van der Waals surface area contributed by atoms with E-state index in [0.717, 1.165) is 50.1 Å². The molecule has 0 bridgehead atoms. The molecule has 1 aliphatic rings. The third kappa shape index (κ3) is 2.26. The second-order valence-corrected chi connectivity index (χ2v) is 6.84. The lowest BCUT2D eigenvalue weighted by atomic mass is 10.0. The van der Waals surface area contributed by atoms with Gasteiger partial charge in [0.15, 0.2) is 5.69 Å². The highest BCUT2D eigenvalue weighted by atomic mass is 79.9. The molecule has 3 aromatic carbocycles. The highest BCUT2D eigenvalue weighted by Gasteiger charge is 2.36. The van der Waals surface area contributed by atoms with E-state index in [1.807, 2.05) is 48.5 Å². The Labute approximate surface area is 163 Å². The van der Waals surface area contributed by atoms with Crippen molar-refractivity contribution in [2.75, 3.05) is 12.4 Å². The Morgan fingerprint density at radius 3 is 2.81 bits per heavy atom. The van der Waals surface area contributed by atoms with E-state index in [1.165, 1.54) is 0 Å². The highest BCUT2D eigenvalue weighted by molar-refractivity contribution is 9.09. The van der Waals surface area contributed by atoms with Gasteiger partial charge in [-0.3, -0.25) is 0 Å². The van der Waals surface area contributed by atoms with Crippen LogP contribution in [0.2, 0.25) is 0 Å². The van der Waals surface area contributed by atoms with Gasteiger partial charge in [0.2, 0.25) is 0 Å². The van der Waals surface area contributed by atoms with Crippen molar-refractivity contribution < 1.29 is 14.5 Å². The van der Waals surface area contributed by atoms with Crippen LogP contribution in [0.25, 0.3) is 44.3 Å². The summed E-state index contributed by atoms with van der Waals surface area (Å²) in [6, 6.07) is 17.8. The molecule has 0 unspecified atom stereocenters. The molecule has 5 rings (SSSR count). The molecule has 0 spiro atoms. The normalized spacial score (nSPS) is 12.6. The van der Waals surface area contributed by atoms with E-state index in [-0.39, 0.29) is 11.2 Å². The van der Waals surface area contributed by atoms with Crippen LogP contribution in [0.3, 0.4) is 0 Å². The Bertz CT molecular complexity index is 1270. The summed E-state index contributed by atoms with van der Waals surface area (Å²) < 4.78 is 7.35. The largest absolute Gasteiger partial charge is 0.857 e. The predicted octanol–water partition coefficient (Wildman–Crippen LogP) is 3.25. The molecule has 0 saturated heterocycles. The van der Waals surface area contributed by atoms with Gasteiger partial charge in [-0.1, -0.05) is 46.3 Å². The molecule has 0 radical (unpaired) electrons.